The minimum absolute atomic E-state index is 0.0800. The van der Waals surface area contributed by atoms with Crippen LogP contribution in [0.25, 0.3) is 0 Å². The van der Waals surface area contributed by atoms with E-state index in [2.05, 4.69) is 15.0 Å². The van der Waals surface area contributed by atoms with Crippen molar-refractivity contribution in [1.82, 2.24) is 15.0 Å². The molecule has 0 saturated heterocycles. The zero-order valence-corrected chi connectivity index (χ0v) is 16.7. The molecule has 2 aromatic rings. The molecule has 1 aromatic heterocycles. The second-order valence-corrected chi connectivity index (χ2v) is 8.43. The molecule has 1 aromatic carbocycles. The summed E-state index contributed by atoms with van der Waals surface area (Å²) < 4.78 is 32.4. The number of amides is 1. The van der Waals surface area contributed by atoms with Gasteiger partial charge < -0.3 is 10.1 Å². The fourth-order valence-corrected chi connectivity index (χ4v) is 3.99. The Morgan fingerprint density at radius 3 is 2.64 bits per heavy atom. The second kappa shape index (κ2) is 9.16. The smallest absolute Gasteiger partial charge is 0.240 e. The van der Waals surface area contributed by atoms with Crippen LogP contribution in [-0.4, -0.2) is 32.0 Å². The van der Waals surface area contributed by atoms with Crippen molar-refractivity contribution in [1.29, 1.82) is 0 Å². The maximum Gasteiger partial charge on any atom is 0.240 e. The van der Waals surface area contributed by atoms with E-state index in [9.17, 15) is 13.2 Å². The number of hydrogen-bond acceptors (Lipinski definition) is 5. The Kier molecular flexibility index (Phi) is 6.64. The Morgan fingerprint density at radius 2 is 1.96 bits per heavy atom. The van der Waals surface area contributed by atoms with Crippen molar-refractivity contribution >= 4 is 15.9 Å². The van der Waals surface area contributed by atoms with Crippen molar-refractivity contribution < 1.29 is 17.9 Å². The number of ether oxygens (including phenoxy) is 1. The van der Waals surface area contributed by atoms with Gasteiger partial charge in [-0.15, -0.1) is 0 Å². The number of rotatable bonds is 10. The molecule has 1 amide bonds. The van der Waals surface area contributed by atoms with Gasteiger partial charge in [0.05, 0.1) is 11.5 Å². The second-order valence-electron chi connectivity index (χ2n) is 6.72. The Morgan fingerprint density at radius 1 is 1.21 bits per heavy atom. The first-order valence-corrected chi connectivity index (χ1v) is 10.9. The van der Waals surface area contributed by atoms with Crippen molar-refractivity contribution in [3.05, 3.63) is 53.7 Å². The van der Waals surface area contributed by atoms with Gasteiger partial charge in [-0.05, 0) is 49.9 Å². The highest BCUT2D eigenvalue weighted by Crippen LogP contribution is 2.22. The molecule has 3 rings (SSSR count). The van der Waals surface area contributed by atoms with E-state index in [-0.39, 0.29) is 16.8 Å². The summed E-state index contributed by atoms with van der Waals surface area (Å²) in [7, 11) is -3.44. The highest BCUT2D eigenvalue weighted by Gasteiger charge is 2.27. The molecule has 7 nitrogen and oxygen atoms in total. The van der Waals surface area contributed by atoms with E-state index in [1.165, 1.54) is 0 Å². The van der Waals surface area contributed by atoms with Crippen LogP contribution in [0.3, 0.4) is 0 Å². The van der Waals surface area contributed by atoms with Crippen LogP contribution < -0.4 is 14.8 Å². The third kappa shape index (κ3) is 5.77. The summed E-state index contributed by atoms with van der Waals surface area (Å²) in [6, 6.07) is 10.4. The third-order valence-electron chi connectivity index (χ3n) is 4.38. The number of benzene rings is 1. The molecule has 0 spiro atoms. The van der Waals surface area contributed by atoms with Crippen LogP contribution >= 0.6 is 0 Å². The minimum atomic E-state index is -3.44. The lowest BCUT2D eigenvalue weighted by atomic mass is 10.1. The third-order valence-corrected chi connectivity index (χ3v) is 5.92. The number of pyridine rings is 1. The van der Waals surface area contributed by atoms with Gasteiger partial charge in [-0.25, -0.2) is 18.1 Å². The van der Waals surface area contributed by atoms with Crippen molar-refractivity contribution in [2.45, 2.75) is 50.1 Å². The van der Waals surface area contributed by atoms with E-state index in [0.29, 0.717) is 31.9 Å². The molecular formula is C20H25N3O4S. The van der Waals surface area contributed by atoms with Gasteiger partial charge in [-0.1, -0.05) is 18.2 Å². The lowest BCUT2D eigenvalue weighted by Gasteiger charge is -2.10. The van der Waals surface area contributed by atoms with E-state index in [1.807, 2.05) is 13.0 Å². The maximum atomic E-state index is 12.2. The fraction of sp³-hybridized carbons (Fsp3) is 0.400. The van der Waals surface area contributed by atoms with Crippen LogP contribution in [-0.2, 0) is 27.8 Å². The molecule has 1 aliphatic carbocycles. The number of aromatic nitrogens is 1. The van der Waals surface area contributed by atoms with E-state index in [0.717, 1.165) is 24.0 Å². The number of carbonyl (C=O) groups is 1. The quantitative estimate of drug-likeness (QED) is 0.634. The standard InChI is InChI=1S/C20H25N3O4S/c1-2-27-20-16(4-3-13-21-20)14-22-19(24)12-7-15-5-10-18(11-6-15)28(25,26)23-17-8-9-17/h3-6,10-11,13,17,23H,2,7-9,12,14H2,1H3,(H,22,24). The monoisotopic (exact) mass is 403 g/mol. The molecule has 0 atom stereocenters. The van der Waals surface area contributed by atoms with Crippen molar-refractivity contribution in [3.8, 4) is 5.88 Å². The Hall–Kier alpha value is -2.45. The summed E-state index contributed by atoms with van der Waals surface area (Å²) in [5.41, 5.74) is 1.74. The average molecular weight is 404 g/mol. The highest BCUT2D eigenvalue weighted by atomic mass is 32.2. The number of aryl methyl sites for hydroxylation is 1. The van der Waals surface area contributed by atoms with Gasteiger partial charge in [0.25, 0.3) is 0 Å². The summed E-state index contributed by atoms with van der Waals surface area (Å²) in [5, 5.41) is 2.87. The largest absolute Gasteiger partial charge is 0.478 e. The number of hydrogen-bond donors (Lipinski definition) is 2. The van der Waals surface area contributed by atoms with Gasteiger partial charge in [-0.3, -0.25) is 4.79 Å². The molecule has 1 fully saturated rings. The van der Waals surface area contributed by atoms with Crippen LogP contribution in [0.1, 0.15) is 37.3 Å². The molecule has 28 heavy (non-hydrogen) atoms. The molecule has 1 saturated carbocycles. The molecule has 1 aliphatic rings. The van der Waals surface area contributed by atoms with E-state index >= 15 is 0 Å². The SMILES string of the molecule is CCOc1ncccc1CNC(=O)CCc1ccc(S(=O)(=O)NC2CC2)cc1. The van der Waals surface area contributed by atoms with E-state index in [1.54, 1.807) is 36.5 Å². The molecule has 150 valence electrons. The van der Waals surface area contributed by atoms with Gasteiger partial charge in [-0.2, -0.15) is 0 Å². The molecular weight excluding hydrogens is 378 g/mol. The maximum absolute atomic E-state index is 12.2. The summed E-state index contributed by atoms with van der Waals surface area (Å²) in [6.07, 6.45) is 4.31. The van der Waals surface area contributed by atoms with Crippen molar-refractivity contribution in [2.75, 3.05) is 6.61 Å². The number of nitrogens with zero attached hydrogens (tertiary/aromatic N) is 1. The number of nitrogens with one attached hydrogen (secondary N) is 2. The first-order valence-electron chi connectivity index (χ1n) is 9.42. The van der Waals surface area contributed by atoms with Crippen LogP contribution in [0, 0.1) is 0 Å². The predicted octanol–water partition coefficient (Wildman–Crippen LogP) is 2.17. The summed E-state index contributed by atoms with van der Waals surface area (Å²) in [5.74, 6) is 0.445. The van der Waals surface area contributed by atoms with Crippen molar-refractivity contribution in [3.63, 3.8) is 0 Å². The number of sulfonamides is 1. The van der Waals surface area contributed by atoms with Crippen molar-refractivity contribution in [2.24, 2.45) is 0 Å². The van der Waals surface area contributed by atoms with E-state index < -0.39 is 10.0 Å². The highest BCUT2D eigenvalue weighted by molar-refractivity contribution is 7.89. The van der Waals surface area contributed by atoms with Gasteiger partial charge in [0.1, 0.15) is 0 Å². The molecule has 2 N–H and O–H groups in total. The van der Waals surface area contributed by atoms with Gasteiger partial charge >= 0.3 is 0 Å². The van der Waals surface area contributed by atoms with Gasteiger partial charge in [0.15, 0.2) is 0 Å². The van der Waals surface area contributed by atoms with Crippen LogP contribution in [0.2, 0.25) is 0 Å². The topological polar surface area (TPSA) is 97.4 Å². The van der Waals surface area contributed by atoms with Gasteiger partial charge in [0.2, 0.25) is 21.8 Å². The summed E-state index contributed by atoms with van der Waals surface area (Å²) in [6.45, 7) is 2.75. The lowest BCUT2D eigenvalue weighted by molar-refractivity contribution is -0.121. The normalized spacial score (nSPS) is 13.9. The van der Waals surface area contributed by atoms with Crippen LogP contribution in [0.5, 0.6) is 5.88 Å². The number of carbonyl (C=O) groups excluding carboxylic acids is 1. The molecule has 0 unspecified atom stereocenters. The Balaban J connectivity index is 1.48. The zero-order valence-electron chi connectivity index (χ0n) is 15.8. The van der Waals surface area contributed by atoms with Crippen LogP contribution in [0.4, 0.5) is 0 Å². The Labute approximate surface area is 165 Å². The Bertz CT molecular complexity index is 909. The first kappa shape index (κ1) is 20.3. The zero-order chi connectivity index (χ0) is 20.0. The van der Waals surface area contributed by atoms with Gasteiger partial charge in [0, 0.05) is 30.8 Å². The molecule has 0 bridgehead atoms. The predicted molar refractivity (Wildman–Crippen MR) is 105 cm³/mol. The average Bonchev–Trinajstić information content (AvgIpc) is 3.49. The minimum Gasteiger partial charge on any atom is -0.478 e. The fourth-order valence-electron chi connectivity index (χ4n) is 2.69. The summed E-state index contributed by atoms with van der Waals surface area (Å²) in [4.78, 5) is 16.6. The molecule has 0 aliphatic heterocycles. The lowest BCUT2D eigenvalue weighted by Crippen LogP contribution is -2.25. The van der Waals surface area contributed by atoms with E-state index in [4.69, 9.17) is 4.74 Å². The first-order chi connectivity index (χ1) is 13.5. The summed E-state index contributed by atoms with van der Waals surface area (Å²) >= 11 is 0. The molecule has 8 heteroatoms. The van der Waals surface area contributed by atoms with Crippen LogP contribution in [0.15, 0.2) is 47.5 Å². The molecule has 0 radical (unpaired) electrons. The molecule has 1 heterocycles.